The van der Waals surface area contributed by atoms with E-state index in [4.69, 9.17) is 20.2 Å². The number of ether oxygens (including phenoxy) is 2. The van der Waals surface area contributed by atoms with E-state index < -0.39 is 0 Å². The second-order valence-electron chi connectivity index (χ2n) is 9.01. The number of aliphatic imine (C=N–C) groups is 1. The number of nitrogens with two attached hydrogens (primary N) is 1. The van der Waals surface area contributed by atoms with Crippen LogP contribution in [0, 0.1) is 11.8 Å². The van der Waals surface area contributed by atoms with E-state index >= 15 is 0 Å². The summed E-state index contributed by atoms with van der Waals surface area (Å²) >= 11 is 0. The van der Waals surface area contributed by atoms with E-state index in [0.29, 0.717) is 18.9 Å². The molecule has 4 unspecified atom stereocenters. The van der Waals surface area contributed by atoms with E-state index in [0.717, 1.165) is 44.9 Å². The first-order valence-corrected chi connectivity index (χ1v) is 12.2. The number of hydrogen-bond donors (Lipinski definition) is 1. The average Bonchev–Trinajstić information content (AvgIpc) is 3.37. The molecule has 0 saturated heterocycles. The van der Waals surface area contributed by atoms with Crippen LogP contribution in [0.4, 0.5) is 0 Å². The zero-order chi connectivity index (χ0) is 23.7. The predicted molar refractivity (Wildman–Crippen MR) is 130 cm³/mol. The third kappa shape index (κ3) is 6.82. The van der Waals surface area contributed by atoms with Crippen LogP contribution in [-0.2, 0) is 14.3 Å². The lowest BCUT2D eigenvalue weighted by molar-refractivity contribution is -0.139. The van der Waals surface area contributed by atoms with Crippen LogP contribution < -0.4 is 5.73 Å². The van der Waals surface area contributed by atoms with Crippen LogP contribution in [0.1, 0.15) is 65.7 Å². The monoisotopic (exact) mass is 448 g/mol. The van der Waals surface area contributed by atoms with E-state index in [2.05, 4.69) is 24.6 Å². The number of hydrogen-bond acceptors (Lipinski definition) is 6. The van der Waals surface area contributed by atoms with Crippen molar-refractivity contribution in [3.05, 3.63) is 24.0 Å². The predicted octanol–water partition coefficient (Wildman–Crippen LogP) is 3.91. The molecule has 0 aromatic carbocycles. The minimum atomic E-state index is -0.220. The number of amides is 1. The zero-order valence-electron chi connectivity index (χ0n) is 20.8. The Morgan fingerprint density at radius 1 is 1.31 bits per heavy atom. The van der Waals surface area contributed by atoms with E-state index in [9.17, 15) is 4.79 Å². The Balaban J connectivity index is 2.23. The molecule has 1 aliphatic heterocycles. The van der Waals surface area contributed by atoms with Crippen molar-refractivity contribution in [1.29, 1.82) is 0 Å². The maximum absolute atomic E-state index is 12.5. The van der Waals surface area contributed by atoms with Crippen LogP contribution in [0.3, 0.4) is 0 Å². The van der Waals surface area contributed by atoms with Gasteiger partial charge in [-0.3, -0.25) is 9.79 Å². The number of carbonyl (C=O) groups excluding carboxylic acids is 1. The van der Waals surface area contributed by atoms with Crippen molar-refractivity contribution < 1.29 is 14.3 Å². The van der Waals surface area contributed by atoms with E-state index in [1.807, 2.05) is 34.2 Å². The van der Waals surface area contributed by atoms with Gasteiger partial charge in [0.15, 0.2) is 6.29 Å². The topological polar surface area (TPSA) is 80.4 Å². The van der Waals surface area contributed by atoms with Crippen molar-refractivity contribution in [3.8, 4) is 0 Å². The lowest BCUT2D eigenvalue weighted by atomic mass is 9.93. The van der Waals surface area contributed by atoms with Crippen molar-refractivity contribution in [3.63, 3.8) is 0 Å². The molecule has 0 spiro atoms. The second-order valence-corrected chi connectivity index (χ2v) is 9.01. The van der Waals surface area contributed by atoms with Crippen LogP contribution in [0.2, 0.25) is 0 Å². The van der Waals surface area contributed by atoms with Crippen molar-refractivity contribution in [2.45, 2.75) is 84.2 Å². The molecular formula is C25H44N4O3. The molecule has 0 aromatic rings. The molecule has 2 N–H and O–H groups in total. The molecule has 4 atom stereocenters. The third-order valence-electron chi connectivity index (χ3n) is 6.38. The first-order chi connectivity index (χ1) is 15.3. The molecule has 182 valence electrons. The van der Waals surface area contributed by atoms with Gasteiger partial charge in [-0.2, -0.15) is 0 Å². The highest BCUT2D eigenvalue weighted by atomic mass is 16.7. The minimum absolute atomic E-state index is 0.0318. The normalized spacial score (nSPS) is 25.7. The van der Waals surface area contributed by atoms with Gasteiger partial charge in [-0.05, 0) is 51.5 Å². The largest absolute Gasteiger partial charge is 0.402 e. The van der Waals surface area contributed by atoms with Gasteiger partial charge in [0.1, 0.15) is 6.17 Å². The van der Waals surface area contributed by atoms with E-state index in [1.54, 1.807) is 4.90 Å². The van der Waals surface area contributed by atoms with Crippen molar-refractivity contribution in [1.82, 2.24) is 9.80 Å². The molecule has 2 rings (SSSR count). The lowest BCUT2D eigenvalue weighted by Gasteiger charge is -2.32. The summed E-state index contributed by atoms with van der Waals surface area (Å²) in [4.78, 5) is 21.5. The van der Waals surface area contributed by atoms with Crippen LogP contribution in [-0.4, -0.2) is 67.7 Å². The molecule has 7 nitrogen and oxygen atoms in total. The molecule has 1 aliphatic carbocycles. The van der Waals surface area contributed by atoms with Crippen LogP contribution in [0.15, 0.2) is 29.0 Å². The van der Waals surface area contributed by atoms with Gasteiger partial charge in [-0.15, -0.1) is 0 Å². The minimum Gasteiger partial charge on any atom is -0.402 e. The fraction of sp³-hybridized carbons (Fsp3) is 0.760. The van der Waals surface area contributed by atoms with Crippen LogP contribution in [0.5, 0.6) is 0 Å². The summed E-state index contributed by atoms with van der Waals surface area (Å²) in [5, 5.41) is 0. The Labute approximate surface area is 194 Å². The van der Waals surface area contributed by atoms with Gasteiger partial charge in [0.05, 0.1) is 5.92 Å². The molecule has 1 amide bonds. The van der Waals surface area contributed by atoms with Gasteiger partial charge in [0.2, 0.25) is 5.91 Å². The zero-order valence-corrected chi connectivity index (χ0v) is 20.8. The summed E-state index contributed by atoms with van der Waals surface area (Å²) in [6.07, 6.45) is 10.3. The second kappa shape index (κ2) is 13.0. The molecule has 0 bridgehead atoms. The SMILES string of the molecule is C=C(N)C1C(CCC(OCC)OCC)=CN(C2CCC(C(=O)N(C)C)C2)C1/N=C\CCC. The van der Waals surface area contributed by atoms with Gasteiger partial charge < -0.3 is 25.0 Å². The molecule has 2 aliphatic rings. The first-order valence-electron chi connectivity index (χ1n) is 12.2. The summed E-state index contributed by atoms with van der Waals surface area (Å²) in [5.74, 6) is 0.265. The molecule has 32 heavy (non-hydrogen) atoms. The van der Waals surface area contributed by atoms with Crippen molar-refractivity contribution in [2.75, 3.05) is 27.3 Å². The maximum Gasteiger partial charge on any atom is 0.225 e. The number of unbranched alkanes of at least 4 members (excludes halogenated alkanes) is 1. The third-order valence-corrected chi connectivity index (χ3v) is 6.38. The maximum atomic E-state index is 12.5. The number of carbonyl (C=O) groups is 1. The average molecular weight is 449 g/mol. The quantitative estimate of drug-likeness (QED) is 0.341. The number of rotatable bonds is 13. The fourth-order valence-electron chi connectivity index (χ4n) is 4.85. The summed E-state index contributed by atoms with van der Waals surface area (Å²) in [7, 11) is 3.67. The summed E-state index contributed by atoms with van der Waals surface area (Å²) in [6, 6.07) is 0.279. The standard InChI is InChI=1S/C25H44N4O3/c1-7-10-15-27-24-23(18(4)26)20(12-14-22(31-8-2)32-9-3)17-29(24)21-13-11-19(16-21)25(30)28(5)6/h15,17,19,21-24H,4,7-14,16,26H2,1-3,5-6H3/b27-15-. The summed E-state index contributed by atoms with van der Waals surface area (Å²) in [6.45, 7) is 11.5. The molecule has 1 fully saturated rings. The van der Waals surface area contributed by atoms with Gasteiger partial charge in [-0.1, -0.05) is 19.9 Å². The van der Waals surface area contributed by atoms with Gasteiger partial charge in [0, 0.05) is 63.8 Å². The Bertz CT molecular complexity index is 670. The highest BCUT2D eigenvalue weighted by Crippen LogP contribution is 2.41. The molecule has 0 aromatic heterocycles. The molecule has 1 saturated carbocycles. The Morgan fingerprint density at radius 2 is 2.00 bits per heavy atom. The Hall–Kier alpha value is -1.86. The Morgan fingerprint density at radius 3 is 2.56 bits per heavy atom. The molecule has 1 heterocycles. The highest BCUT2D eigenvalue weighted by molar-refractivity contribution is 5.78. The summed E-state index contributed by atoms with van der Waals surface area (Å²) in [5.41, 5.74) is 8.19. The van der Waals surface area contributed by atoms with Gasteiger partial charge in [-0.25, -0.2) is 0 Å². The fourth-order valence-corrected chi connectivity index (χ4v) is 4.85. The highest BCUT2D eigenvalue weighted by Gasteiger charge is 2.42. The van der Waals surface area contributed by atoms with E-state index in [-0.39, 0.29) is 36.2 Å². The molecular weight excluding hydrogens is 404 g/mol. The lowest BCUT2D eigenvalue weighted by Crippen LogP contribution is -2.39. The van der Waals surface area contributed by atoms with Gasteiger partial charge >= 0.3 is 0 Å². The van der Waals surface area contributed by atoms with Crippen LogP contribution >= 0.6 is 0 Å². The molecule has 7 heteroatoms. The van der Waals surface area contributed by atoms with Crippen molar-refractivity contribution >= 4 is 12.1 Å². The van der Waals surface area contributed by atoms with Gasteiger partial charge in [0.25, 0.3) is 0 Å². The first kappa shape index (κ1) is 26.4. The smallest absolute Gasteiger partial charge is 0.225 e. The van der Waals surface area contributed by atoms with Crippen molar-refractivity contribution in [2.24, 2.45) is 22.6 Å². The Kier molecular flexibility index (Phi) is 10.7. The van der Waals surface area contributed by atoms with Crippen LogP contribution in [0.25, 0.3) is 0 Å². The van der Waals surface area contributed by atoms with E-state index in [1.165, 1.54) is 5.57 Å². The summed E-state index contributed by atoms with van der Waals surface area (Å²) < 4.78 is 11.5. The number of nitrogens with zero attached hydrogens (tertiary/aromatic N) is 3. The molecule has 0 radical (unpaired) electrons.